The van der Waals surface area contributed by atoms with E-state index in [1.807, 2.05) is 49.2 Å². The third-order valence-electron chi connectivity index (χ3n) is 5.02. The Kier molecular flexibility index (Phi) is 4.17. The van der Waals surface area contributed by atoms with Crippen LogP contribution in [0.5, 0.6) is 0 Å². The van der Waals surface area contributed by atoms with Gasteiger partial charge in [-0.2, -0.15) is 0 Å². The van der Waals surface area contributed by atoms with E-state index < -0.39 is 0 Å². The number of fused-ring (bicyclic) bond motifs is 2. The lowest BCUT2D eigenvalue weighted by Gasteiger charge is -2.13. The fourth-order valence-corrected chi connectivity index (χ4v) is 3.46. The second-order valence-corrected chi connectivity index (χ2v) is 7.26. The summed E-state index contributed by atoms with van der Waals surface area (Å²) in [7, 11) is 4.07. The van der Waals surface area contributed by atoms with E-state index in [1.54, 1.807) is 0 Å². The SMILES string of the molecule is CN(C)c1cccc(-c2ccc3nnn(Cc4ccc5ncccc5c4)c3n2)c1. The minimum absolute atomic E-state index is 0.607. The molecule has 0 aliphatic rings. The van der Waals surface area contributed by atoms with E-state index in [9.17, 15) is 0 Å². The van der Waals surface area contributed by atoms with Crippen molar-refractivity contribution < 1.29 is 0 Å². The van der Waals surface area contributed by atoms with Gasteiger partial charge in [0.15, 0.2) is 5.65 Å². The summed E-state index contributed by atoms with van der Waals surface area (Å²) in [6.45, 7) is 0.607. The molecule has 0 atom stereocenters. The minimum Gasteiger partial charge on any atom is -0.378 e. The van der Waals surface area contributed by atoms with Gasteiger partial charge in [0.05, 0.1) is 17.8 Å². The van der Waals surface area contributed by atoms with Crippen LogP contribution in [0.25, 0.3) is 33.3 Å². The van der Waals surface area contributed by atoms with Crippen LogP contribution in [0.4, 0.5) is 5.69 Å². The molecule has 0 saturated carbocycles. The zero-order chi connectivity index (χ0) is 19.8. The van der Waals surface area contributed by atoms with E-state index in [1.165, 1.54) is 0 Å². The standard InChI is InChI=1S/C23H20N6/c1-28(2)19-7-3-5-18(14-19)21-10-11-22-23(25-21)29(27-26-22)15-16-8-9-20-17(13-16)6-4-12-24-20/h3-14H,15H2,1-2H3. The fraction of sp³-hybridized carbons (Fsp3) is 0.130. The molecule has 0 amide bonds. The maximum atomic E-state index is 4.87. The molecule has 6 heteroatoms. The van der Waals surface area contributed by atoms with Crippen molar-refractivity contribution >= 4 is 27.8 Å². The number of hydrogen-bond acceptors (Lipinski definition) is 5. The highest BCUT2D eigenvalue weighted by atomic mass is 15.4. The topological polar surface area (TPSA) is 59.7 Å². The molecule has 0 aliphatic heterocycles. The molecule has 142 valence electrons. The van der Waals surface area contributed by atoms with Gasteiger partial charge in [-0.05, 0) is 48.0 Å². The maximum Gasteiger partial charge on any atom is 0.179 e. The van der Waals surface area contributed by atoms with Crippen LogP contribution in [-0.4, -0.2) is 39.1 Å². The molecule has 0 bridgehead atoms. The first kappa shape index (κ1) is 17.3. The van der Waals surface area contributed by atoms with Crippen molar-refractivity contribution in [3.8, 4) is 11.3 Å². The van der Waals surface area contributed by atoms with Gasteiger partial charge < -0.3 is 4.90 Å². The summed E-state index contributed by atoms with van der Waals surface area (Å²) in [5.74, 6) is 0. The molecule has 0 saturated heterocycles. The predicted molar refractivity (Wildman–Crippen MR) is 116 cm³/mol. The Morgan fingerprint density at radius 1 is 0.897 bits per heavy atom. The predicted octanol–water partition coefficient (Wildman–Crippen LogP) is 4.16. The zero-order valence-electron chi connectivity index (χ0n) is 16.3. The van der Waals surface area contributed by atoms with Crippen molar-refractivity contribution in [3.05, 3.63) is 78.5 Å². The lowest BCUT2D eigenvalue weighted by atomic mass is 10.1. The van der Waals surface area contributed by atoms with Crippen LogP contribution >= 0.6 is 0 Å². The van der Waals surface area contributed by atoms with Crippen molar-refractivity contribution in [2.45, 2.75) is 6.54 Å². The van der Waals surface area contributed by atoms with Gasteiger partial charge in [-0.1, -0.05) is 29.5 Å². The first-order valence-corrected chi connectivity index (χ1v) is 9.49. The van der Waals surface area contributed by atoms with Crippen LogP contribution < -0.4 is 4.90 Å². The van der Waals surface area contributed by atoms with Crippen LogP contribution in [0.1, 0.15) is 5.56 Å². The Balaban J connectivity index is 1.53. The highest BCUT2D eigenvalue weighted by molar-refractivity contribution is 5.79. The average Bonchev–Trinajstić information content (AvgIpc) is 3.15. The molecule has 0 aliphatic carbocycles. The van der Waals surface area contributed by atoms with Crippen molar-refractivity contribution in [2.75, 3.05) is 19.0 Å². The van der Waals surface area contributed by atoms with E-state index in [0.29, 0.717) is 6.54 Å². The second kappa shape index (κ2) is 6.98. The number of pyridine rings is 2. The molecule has 5 rings (SSSR count). The van der Waals surface area contributed by atoms with Crippen molar-refractivity contribution in [2.24, 2.45) is 0 Å². The van der Waals surface area contributed by atoms with Crippen LogP contribution in [0.2, 0.25) is 0 Å². The van der Waals surface area contributed by atoms with Crippen LogP contribution in [-0.2, 0) is 6.54 Å². The molecule has 0 fully saturated rings. The maximum absolute atomic E-state index is 4.87. The van der Waals surface area contributed by atoms with Crippen LogP contribution in [0, 0.1) is 0 Å². The van der Waals surface area contributed by atoms with Gasteiger partial charge in [0.2, 0.25) is 0 Å². The van der Waals surface area contributed by atoms with Gasteiger partial charge in [-0.15, -0.1) is 5.10 Å². The summed E-state index contributed by atoms with van der Waals surface area (Å²) in [6, 6.07) is 22.6. The van der Waals surface area contributed by atoms with E-state index in [-0.39, 0.29) is 0 Å². The van der Waals surface area contributed by atoms with Crippen LogP contribution in [0.3, 0.4) is 0 Å². The van der Waals surface area contributed by atoms with Gasteiger partial charge in [0, 0.05) is 36.9 Å². The van der Waals surface area contributed by atoms with Crippen molar-refractivity contribution in [3.63, 3.8) is 0 Å². The zero-order valence-corrected chi connectivity index (χ0v) is 16.3. The Labute approximate surface area is 168 Å². The van der Waals surface area contributed by atoms with Gasteiger partial charge in [-0.3, -0.25) is 4.98 Å². The molecule has 3 heterocycles. The van der Waals surface area contributed by atoms with Crippen LogP contribution in [0.15, 0.2) is 72.9 Å². The molecular formula is C23H20N6. The molecule has 0 unspecified atom stereocenters. The molecular weight excluding hydrogens is 360 g/mol. The highest BCUT2D eigenvalue weighted by Gasteiger charge is 2.10. The molecule has 5 aromatic rings. The van der Waals surface area contributed by atoms with Crippen molar-refractivity contribution in [1.82, 2.24) is 25.0 Å². The number of nitrogens with zero attached hydrogens (tertiary/aromatic N) is 6. The molecule has 29 heavy (non-hydrogen) atoms. The number of aromatic nitrogens is 5. The Bertz CT molecular complexity index is 1320. The smallest absolute Gasteiger partial charge is 0.179 e. The number of benzene rings is 2. The minimum atomic E-state index is 0.607. The molecule has 3 aromatic heterocycles. The molecule has 0 N–H and O–H groups in total. The summed E-state index contributed by atoms with van der Waals surface area (Å²) < 4.78 is 1.85. The molecule has 6 nitrogen and oxygen atoms in total. The van der Waals surface area contributed by atoms with Gasteiger partial charge in [0.1, 0.15) is 5.52 Å². The Morgan fingerprint density at radius 2 is 1.79 bits per heavy atom. The quantitative estimate of drug-likeness (QED) is 0.469. The number of hydrogen-bond donors (Lipinski definition) is 0. The second-order valence-electron chi connectivity index (χ2n) is 7.26. The molecule has 0 radical (unpaired) electrons. The normalized spacial score (nSPS) is 11.2. The molecule has 2 aromatic carbocycles. The third kappa shape index (κ3) is 3.29. The van der Waals surface area contributed by atoms with Gasteiger partial charge in [-0.25, -0.2) is 9.67 Å². The van der Waals surface area contributed by atoms with Gasteiger partial charge >= 0.3 is 0 Å². The first-order valence-electron chi connectivity index (χ1n) is 9.49. The molecule has 0 spiro atoms. The lowest BCUT2D eigenvalue weighted by molar-refractivity contribution is 0.665. The van der Waals surface area contributed by atoms with Gasteiger partial charge in [0.25, 0.3) is 0 Å². The van der Waals surface area contributed by atoms with Crippen molar-refractivity contribution in [1.29, 1.82) is 0 Å². The third-order valence-corrected chi connectivity index (χ3v) is 5.02. The number of anilines is 1. The largest absolute Gasteiger partial charge is 0.378 e. The Hall–Kier alpha value is -3.80. The fourth-order valence-electron chi connectivity index (χ4n) is 3.46. The van der Waals surface area contributed by atoms with E-state index in [4.69, 9.17) is 4.98 Å². The number of rotatable bonds is 4. The lowest BCUT2D eigenvalue weighted by Crippen LogP contribution is -2.08. The van der Waals surface area contributed by atoms with E-state index in [0.717, 1.165) is 44.6 Å². The van der Waals surface area contributed by atoms with E-state index in [2.05, 4.69) is 62.7 Å². The summed E-state index contributed by atoms with van der Waals surface area (Å²) in [5.41, 5.74) is 6.82. The highest BCUT2D eigenvalue weighted by Crippen LogP contribution is 2.24. The summed E-state index contributed by atoms with van der Waals surface area (Å²) in [6.07, 6.45) is 1.81. The monoisotopic (exact) mass is 380 g/mol. The van der Waals surface area contributed by atoms with E-state index >= 15 is 0 Å². The summed E-state index contributed by atoms with van der Waals surface area (Å²) in [4.78, 5) is 11.3. The Morgan fingerprint density at radius 3 is 2.69 bits per heavy atom. The summed E-state index contributed by atoms with van der Waals surface area (Å²) in [5, 5.41) is 9.73. The average molecular weight is 380 g/mol. The first-order chi connectivity index (χ1) is 14.2. The summed E-state index contributed by atoms with van der Waals surface area (Å²) >= 11 is 0.